The van der Waals surface area contributed by atoms with Crippen LogP contribution in [0.25, 0.3) is 10.8 Å². The van der Waals surface area contributed by atoms with E-state index in [1.807, 2.05) is 0 Å². The number of carbonyl (C=O) groups is 2. The second-order valence-electron chi connectivity index (χ2n) is 10.9. The van der Waals surface area contributed by atoms with Crippen LogP contribution in [0.3, 0.4) is 0 Å². The third-order valence-corrected chi connectivity index (χ3v) is 9.05. The smallest absolute Gasteiger partial charge is 0.338 e. The van der Waals surface area contributed by atoms with E-state index < -0.39 is 98.5 Å². The topological polar surface area (TPSA) is 370 Å². The second-order valence-corrected chi connectivity index (χ2v) is 13.7. The molecule has 25 heteroatoms. The average molecular weight is 814 g/mol. The Morgan fingerprint density at radius 3 is 1.77 bits per heavy atom. The van der Waals surface area contributed by atoms with Crippen LogP contribution in [0.4, 0.5) is 34.1 Å². The maximum Gasteiger partial charge on any atom is 0.338 e. The minimum absolute atomic E-state index is 0.0772. The number of hydrogen-bond donors (Lipinski definition) is 8. The predicted molar refractivity (Wildman–Crippen MR) is 187 cm³/mol. The first-order valence-corrected chi connectivity index (χ1v) is 17.6. The molecule has 0 amide bonds. The van der Waals surface area contributed by atoms with Gasteiger partial charge < -0.3 is 40.1 Å². The Bertz CT molecular complexity index is 2790. The third-order valence-electron chi connectivity index (χ3n) is 7.35. The molecule has 23 nitrogen and oxygen atoms in total. The number of nitrogens with zero attached hydrogens (tertiary/aromatic N) is 7. The monoisotopic (exact) mass is 813 g/mol. The van der Waals surface area contributed by atoms with Crippen molar-refractivity contribution in [3.8, 4) is 34.8 Å². The molecule has 0 aliphatic rings. The summed E-state index contributed by atoms with van der Waals surface area (Å²) in [5.74, 6) is -7.00. The Hall–Kier alpha value is -7.35. The summed E-state index contributed by atoms with van der Waals surface area (Å²) in [5.41, 5.74) is -3.26. The van der Waals surface area contributed by atoms with E-state index in [4.69, 9.17) is 9.47 Å². The van der Waals surface area contributed by atoms with Crippen molar-refractivity contribution in [2.45, 2.75) is 9.79 Å². The van der Waals surface area contributed by atoms with Crippen molar-refractivity contribution in [2.24, 2.45) is 30.7 Å². The summed E-state index contributed by atoms with van der Waals surface area (Å²) in [6.07, 6.45) is 0. The molecule has 290 valence electrons. The molecule has 0 radical (unpaired) electrons. The second kappa shape index (κ2) is 15.2. The summed E-state index contributed by atoms with van der Waals surface area (Å²) in [7, 11) is -7.71. The first-order chi connectivity index (χ1) is 26.2. The first kappa shape index (κ1) is 39.8. The molecule has 0 atom stereocenters. The standard InChI is InChI=1S/C31H23N7O16S2/c1-53-21-11-19(36-38-27-23(56(50,51)52)6-12-5-14(55(47,48)49)8-20(39)25(12)28(27)41)22(54-2)10-18(21)35-34-17-4-3-13(7-15(17)30(43)44)33-37-26-16(31(45)46)9-24(40)32-29(26)42/h3-11,39,41H,1-2H3,(H,43,44)(H,45,46)(H2,32,40,42)(H,47,48,49)(H,50,51,52)/b35-34+,37-33+,38-36+. The molecule has 0 saturated carbocycles. The van der Waals surface area contributed by atoms with E-state index in [2.05, 4.69) is 35.7 Å². The van der Waals surface area contributed by atoms with Gasteiger partial charge in [0.05, 0.1) is 41.3 Å². The molecule has 0 unspecified atom stereocenters. The van der Waals surface area contributed by atoms with E-state index in [1.165, 1.54) is 38.5 Å². The van der Waals surface area contributed by atoms with Gasteiger partial charge in [-0.15, -0.1) is 25.6 Å². The highest BCUT2D eigenvalue weighted by atomic mass is 32.2. The number of phenols is 2. The van der Waals surface area contributed by atoms with E-state index in [0.29, 0.717) is 12.1 Å². The zero-order valence-electron chi connectivity index (χ0n) is 28.0. The average Bonchev–Trinajstić information content (AvgIpc) is 3.11. The summed E-state index contributed by atoms with van der Waals surface area (Å²) in [4.78, 5) is 25.0. The van der Waals surface area contributed by atoms with Crippen LogP contribution in [-0.2, 0) is 20.2 Å². The highest BCUT2D eigenvalue weighted by molar-refractivity contribution is 7.86. The quantitative estimate of drug-likeness (QED) is 0.0512. The Kier molecular flexibility index (Phi) is 10.8. The molecule has 0 aliphatic carbocycles. The lowest BCUT2D eigenvalue weighted by atomic mass is 10.1. The SMILES string of the molecule is COc1cc(/N=N/c2c(S(=O)(=O)O)cc3cc(S(=O)(=O)O)cc(O)c3c2O)c(OC)cc1/N=N/c1ccc(/N=N/c2c(C(=O)O)cc(O)nc2O)cc1C(=O)O. The molecule has 1 heterocycles. The number of carboxylic acids is 2. The van der Waals surface area contributed by atoms with E-state index in [9.17, 15) is 66.2 Å². The van der Waals surface area contributed by atoms with Crippen molar-refractivity contribution < 1.29 is 75.6 Å². The molecule has 0 saturated heterocycles. The lowest BCUT2D eigenvalue weighted by molar-refractivity contribution is 0.0686. The number of methoxy groups -OCH3 is 2. The predicted octanol–water partition coefficient (Wildman–Crippen LogP) is 6.21. The van der Waals surface area contributed by atoms with Crippen molar-refractivity contribution >= 4 is 77.1 Å². The minimum atomic E-state index is -5.20. The van der Waals surface area contributed by atoms with Crippen LogP contribution in [0.1, 0.15) is 20.7 Å². The number of benzene rings is 4. The molecule has 5 aromatic rings. The molecule has 56 heavy (non-hydrogen) atoms. The molecule has 4 aromatic carbocycles. The number of aromatic carboxylic acids is 2. The maximum atomic E-state index is 12.3. The van der Waals surface area contributed by atoms with Gasteiger partial charge in [-0.1, -0.05) is 0 Å². The van der Waals surface area contributed by atoms with Gasteiger partial charge in [-0.3, -0.25) is 9.11 Å². The minimum Gasteiger partial charge on any atom is -0.507 e. The Balaban J connectivity index is 1.53. The van der Waals surface area contributed by atoms with Crippen LogP contribution in [0.2, 0.25) is 0 Å². The third kappa shape index (κ3) is 8.24. The lowest BCUT2D eigenvalue weighted by Gasteiger charge is -2.12. The lowest BCUT2D eigenvalue weighted by Crippen LogP contribution is -2.01. The van der Waals surface area contributed by atoms with E-state index in [1.54, 1.807) is 0 Å². The number of rotatable bonds is 12. The summed E-state index contributed by atoms with van der Waals surface area (Å²) >= 11 is 0. The van der Waals surface area contributed by atoms with E-state index in [0.717, 1.165) is 18.2 Å². The number of aromatic nitrogens is 1. The van der Waals surface area contributed by atoms with Crippen molar-refractivity contribution in [3.05, 3.63) is 65.7 Å². The molecule has 0 spiro atoms. The Morgan fingerprint density at radius 2 is 1.21 bits per heavy atom. The molecule has 8 N–H and O–H groups in total. The fraction of sp³-hybridized carbons (Fsp3) is 0.0645. The number of carboxylic acid groups (broad SMARTS) is 2. The summed E-state index contributed by atoms with van der Waals surface area (Å²) in [5, 5.41) is 82.0. The molecule has 0 aliphatic heterocycles. The van der Waals surface area contributed by atoms with E-state index in [-0.39, 0.29) is 34.2 Å². The Labute approximate surface area is 312 Å². The van der Waals surface area contributed by atoms with Crippen LogP contribution < -0.4 is 9.47 Å². The van der Waals surface area contributed by atoms with E-state index >= 15 is 0 Å². The number of phenolic OH excluding ortho intramolecular Hbond substituents is 2. The highest BCUT2D eigenvalue weighted by Gasteiger charge is 2.26. The molecule has 0 bridgehead atoms. The summed E-state index contributed by atoms with van der Waals surface area (Å²) in [6, 6.07) is 8.46. The molecule has 1 aromatic heterocycles. The van der Waals surface area contributed by atoms with Gasteiger partial charge in [0.25, 0.3) is 20.2 Å². The van der Waals surface area contributed by atoms with Gasteiger partial charge in [-0.2, -0.15) is 26.9 Å². The molecule has 0 fully saturated rings. The van der Waals surface area contributed by atoms with Crippen LogP contribution in [-0.4, -0.2) is 87.7 Å². The Morgan fingerprint density at radius 1 is 0.643 bits per heavy atom. The highest BCUT2D eigenvalue weighted by Crippen LogP contribution is 2.47. The fourth-order valence-corrected chi connectivity index (χ4v) is 6.03. The molecular formula is C31H23N7O16S2. The largest absolute Gasteiger partial charge is 0.507 e. The maximum absolute atomic E-state index is 12.3. The van der Waals surface area contributed by atoms with Gasteiger partial charge in [-0.25, -0.2) is 9.59 Å². The fourth-order valence-electron chi connectivity index (χ4n) is 4.84. The zero-order chi connectivity index (χ0) is 41.3. The van der Waals surface area contributed by atoms with Gasteiger partial charge in [0.15, 0.2) is 11.4 Å². The number of hydrogen-bond acceptors (Lipinski definition) is 19. The normalized spacial score (nSPS) is 12.2. The summed E-state index contributed by atoms with van der Waals surface area (Å²) in [6.45, 7) is 0. The van der Waals surface area contributed by atoms with Gasteiger partial charge >= 0.3 is 11.9 Å². The number of pyridine rings is 1. The van der Waals surface area contributed by atoms with Crippen LogP contribution in [0, 0.1) is 0 Å². The number of ether oxygens (including phenoxy) is 2. The first-order valence-electron chi connectivity index (χ1n) is 14.8. The van der Waals surface area contributed by atoms with Gasteiger partial charge in [-0.05, 0) is 35.7 Å². The summed E-state index contributed by atoms with van der Waals surface area (Å²) < 4.78 is 77.7. The number of aromatic hydroxyl groups is 4. The number of fused-ring (bicyclic) bond motifs is 1. The van der Waals surface area contributed by atoms with Crippen molar-refractivity contribution in [3.63, 3.8) is 0 Å². The van der Waals surface area contributed by atoms with Crippen molar-refractivity contribution in [2.75, 3.05) is 14.2 Å². The van der Waals surface area contributed by atoms with Crippen molar-refractivity contribution in [1.29, 1.82) is 0 Å². The molecular weight excluding hydrogens is 791 g/mol. The zero-order valence-corrected chi connectivity index (χ0v) is 29.6. The molecule has 5 rings (SSSR count). The van der Waals surface area contributed by atoms with Crippen LogP contribution in [0.15, 0.2) is 95.1 Å². The van der Waals surface area contributed by atoms with Gasteiger partial charge in [0.1, 0.15) is 44.9 Å². The van der Waals surface area contributed by atoms with Gasteiger partial charge in [0.2, 0.25) is 11.8 Å². The van der Waals surface area contributed by atoms with Crippen LogP contribution in [0.5, 0.6) is 34.8 Å². The van der Waals surface area contributed by atoms with Gasteiger partial charge in [0, 0.05) is 24.3 Å². The number of azo groups is 3. The van der Waals surface area contributed by atoms with Crippen molar-refractivity contribution in [1.82, 2.24) is 4.98 Å². The van der Waals surface area contributed by atoms with Crippen LogP contribution >= 0.6 is 0 Å².